The van der Waals surface area contributed by atoms with Gasteiger partial charge in [0.15, 0.2) is 0 Å². The Bertz CT molecular complexity index is 1890. The number of carbonyl (C=O) groups excluding carboxylic acids is 3. The van der Waals surface area contributed by atoms with Crippen molar-refractivity contribution in [3.05, 3.63) is 108 Å². The normalized spacial score (nSPS) is 26.2. The molecule has 0 unspecified atom stereocenters. The molecule has 9 rings (SSSR count). The Morgan fingerprint density at radius 1 is 0.804 bits per heavy atom. The number of rotatable bonds is 6. The summed E-state index contributed by atoms with van der Waals surface area (Å²) in [5.41, 5.74) is 3.67. The molecule has 0 spiro atoms. The minimum absolute atomic E-state index is 0.0822. The Hall–Kier alpha value is -3.25. The van der Waals surface area contributed by atoms with Gasteiger partial charge in [0.05, 0.1) is 12.8 Å². The molecule has 4 aromatic rings. The summed E-state index contributed by atoms with van der Waals surface area (Å²) in [6.07, 6.45) is 9.42. The van der Waals surface area contributed by atoms with Crippen LogP contribution in [0.25, 0.3) is 16.8 Å². The number of benzene rings is 4. The fraction of sp³-hybridized carbons (Fsp3) is 0.289. The van der Waals surface area contributed by atoms with E-state index in [9.17, 15) is 14.4 Å². The van der Waals surface area contributed by atoms with E-state index in [2.05, 4.69) is 93.0 Å². The summed E-state index contributed by atoms with van der Waals surface area (Å²) in [5, 5.41) is 4.72. The van der Waals surface area contributed by atoms with Crippen LogP contribution in [-0.4, -0.2) is 17.8 Å². The summed E-state index contributed by atoms with van der Waals surface area (Å²) in [5.74, 6) is 1.91. The standard InChI is InChI=1S/C38H32I2N2O4/c39-32-16-23(17-33(40)34(32)46-21-22-5-6-27-3-1-2-4-28(27)14-22)15-31-35(43)41-37(45)42(36(31)44)30-9-7-29(8-10-30)38-18-24-11-25(19-38)13-26(12-24)20-38/h1-10,14-17,24-26H,11-13,18-21H2,(H,41,43,45)/b31-15+. The van der Waals surface area contributed by atoms with Crippen LogP contribution in [0, 0.1) is 24.9 Å². The summed E-state index contributed by atoms with van der Waals surface area (Å²) < 4.78 is 7.94. The van der Waals surface area contributed by atoms with Gasteiger partial charge in [-0.3, -0.25) is 14.9 Å². The number of nitrogens with one attached hydrogen (secondary N) is 1. The molecule has 5 aliphatic rings. The van der Waals surface area contributed by atoms with Crippen LogP contribution in [0.3, 0.4) is 0 Å². The van der Waals surface area contributed by atoms with Crippen molar-refractivity contribution in [1.82, 2.24) is 5.32 Å². The Morgan fingerprint density at radius 2 is 1.43 bits per heavy atom. The molecule has 0 radical (unpaired) electrons. The number of ether oxygens (including phenoxy) is 1. The predicted octanol–water partition coefficient (Wildman–Crippen LogP) is 8.76. The van der Waals surface area contributed by atoms with Crippen LogP contribution in [0.5, 0.6) is 5.75 Å². The van der Waals surface area contributed by atoms with Crippen LogP contribution >= 0.6 is 45.2 Å². The number of barbiturate groups is 1. The van der Waals surface area contributed by atoms with E-state index in [1.54, 1.807) is 6.08 Å². The molecule has 0 aromatic heterocycles. The van der Waals surface area contributed by atoms with Gasteiger partial charge in [0.25, 0.3) is 11.8 Å². The first kappa shape index (κ1) is 30.1. The van der Waals surface area contributed by atoms with Gasteiger partial charge in [-0.25, -0.2) is 9.69 Å². The molecule has 5 fully saturated rings. The summed E-state index contributed by atoms with van der Waals surface area (Å²) in [6.45, 7) is 0.414. The predicted molar refractivity (Wildman–Crippen MR) is 195 cm³/mol. The maximum atomic E-state index is 13.7. The molecule has 4 bridgehead atoms. The number of nitrogens with zero attached hydrogens (tertiary/aromatic N) is 1. The Morgan fingerprint density at radius 3 is 2.09 bits per heavy atom. The lowest BCUT2D eigenvalue weighted by atomic mass is 9.48. The fourth-order valence-corrected chi connectivity index (χ4v) is 10.9. The highest BCUT2D eigenvalue weighted by atomic mass is 127. The van der Waals surface area contributed by atoms with E-state index >= 15 is 0 Å². The van der Waals surface area contributed by atoms with E-state index in [0.717, 1.165) is 46.5 Å². The van der Waals surface area contributed by atoms with E-state index in [0.29, 0.717) is 17.9 Å². The number of anilines is 1. The van der Waals surface area contributed by atoms with Crippen LogP contribution in [0.4, 0.5) is 10.5 Å². The minimum Gasteiger partial charge on any atom is -0.487 e. The Balaban J connectivity index is 1.01. The van der Waals surface area contributed by atoms with Gasteiger partial charge in [-0.1, -0.05) is 48.5 Å². The van der Waals surface area contributed by atoms with Crippen molar-refractivity contribution < 1.29 is 19.1 Å². The van der Waals surface area contributed by atoms with Crippen molar-refractivity contribution >= 4 is 85.6 Å². The highest BCUT2D eigenvalue weighted by Gasteiger charge is 2.51. The van der Waals surface area contributed by atoms with Gasteiger partial charge in [0.1, 0.15) is 17.9 Å². The molecule has 46 heavy (non-hydrogen) atoms. The zero-order valence-corrected chi connectivity index (χ0v) is 29.4. The quantitative estimate of drug-likeness (QED) is 0.120. The molecule has 4 amide bonds. The van der Waals surface area contributed by atoms with Crippen molar-refractivity contribution in [1.29, 1.82) is 0 Å². The second kappa shape index (κ2) is 11.8. The van der Waals surface area contributed by atoms with Crippen LogP contribution in [0.15, 0.2) is 84.4 Å². The minimum atomic E-state index is -0.726. The van der Waals surface area contributed by atoms with E-state index in [1.165, 1.54) is 49.5 Å². The smallest absolute Gasteiger partial charge is 0.335 e. The monoisotopic (exact) mass is 834 g/mol. The second-order valence-electron chi connectivity index (χ2n) is 13.5. The summed E-state index contributed by atoms with van der Waals surface area (Å²) in [7, 11) is 0. The third-order valence-corrected chi connectivity index (χ3v) is 12.0. The first-order valence-corrected chi connectivity index (χ1v) is 18.0. The van der Waals surface area contributed by atoms with E-state index in [4.69, 9.17) is 4.74 Å². The summed E-state index contributed by atoms with van der Waals surface area (Å²) in [4.78, 5) is 40.7. The van der Waals surface area contributed by atoms with Crippen molar-refractivity contribution in [3.63, 3.8) is 0 Å². The lowest BCUT2D eigenvalue weighted by Gasteiger charge is -2.57. The molecule has 232 valence electrons. The average molecular weight is 834 g/mol. The Kier molecular flexibility index (Phi) is 7.70. The number of carbonyl (C=O) groups is 3. The van der Waals surface area contributed by atoms with Crippen LogP contribution < -0.4 is 15.0 Å². The summed E-state index contributed by atoms with van der Waals surface area (Å²) in [6, 6.07) is 25.5. The van der Waals surface area contributed by atoms with Crippen molar-refractivity contribution in [3.8, 4) is 5.75 Å². The van der Waals surface area contributed by atoms with Crippen LogP contribution in [-0.2, 0) is 21.6 Å². The Labute approximate surface area is 295 Å². The number of hydrogen-bond acceptors (Lipinski definition) is 4. The molecule has 8 heteroatoms. The largest absolute Gasteiger partial charge is 0.487 e. The molecular weight excluding hydrogens is 802 g/mol. The number of amides is 4. The molecule has 4 aromatic carbocycles. The zero-order valence-electron chi connectivity index (χ0n) is 25.1. The molecule has 1 saturated heterocycles. The van der Waals surface area contributed by atoms with Crippen LogP contribution in [0.1, 0.15) is 55.2 Å². The van der Waals surface area contributed by atoms with Crippen molar-refractivity contribution in [2.75, 3.05) is 4.90 Å². The SMILES string of the molecule is O=C1NC(=O)N(c2ccc(C34CC5CC(CC(C5)C3)C4)cc2)C(=O)/C1=C/c1cc(I)c(OCc2ccc3ccccc3c2)c(I)c1. The molecular formula is C38H32I2N2O4. The van der Waals surface area contributed by atoms with Crippen LogP contribution in [0.2, 0.25) is 0 Å². The van der Waals surface area contributed by atoms with E-state index < -0.39 is 17.8 Å². The highest BCUT2D eigenvalue weighted by molar-refractivity contribution is 14.1. The number of urea groups is 1. The first-order chi connectivity index (χ1) is 22.2. The number of fused-ring (bicyclic) bond motifs is 1. The maximum absolute atomic E-state index is 13.7. The fourth-order valence-electron chi connectivity index (χ4n) is 8.77. The van der Waals surface area contributed by atoms with Crippen molar-refractivity contribution in [2.24, 2.45) is 17.8 Å². The number of halogens is 2. The van der Waals surface area contributed by atoms with Gasteiger partial charge in [-0.05, 0) is 171 Å². The van der Waals surface area contributed by atoms with Crippen molar-refractivity contribution in [2.45, 2.75) is 50.5 Å². The lowest BCUT2D eigenvalue weighted by molar-refractivity contribution is -0.122. The maximum Gasteiger partial charge on any atom is 0.335 e. The number of hydrogen-bond donors (Lipinski definition) is 1. The van der Waals surface area contributed by atoms with E-state index in [1.807, 2.05) is 36.4 Å². The van der Waals surface area contributed by atoms with Gasteiger partial charge < -0.3 is 4.74 Å². The first-order valence-electron chi connectivity index (χ1n) is 15.9. The van der Waals surface area contributed by atoms with Gasteiger partial charge in [0.2, 0.25) is 0 Å². The van der Waals surface area contributed by atoms with Gasteiger partial charge in [0, 0.05) is 0 Å². The molecule has 0 atom stereocenters. The molecule has 1 N–H and O–H groups in total. The highest BCUT2D eigenvalue weighted by Crippen LogP contribution is 2.60. The molecule has 1 aliphatic heterocycles. The second-order valence-corrected chi connectivity index (χ2v) is 15.8. The molecule has 4 saturated carbocycles. The molecule has 4 aliphatic carbocycles. The molecule has 1 heterocycles. The van der Waals surface area contributed by atoms with Gasteiger partial charge >= 0.3 is 6.03 Å². The third-order valence-electron chi connectivity index (χ3n) is 10.4. The zero-order chi connectivity index (χ0) is 31.6. The van der Waals surface area contributed by atoms with Gasteiger partial charge in [-0.15, -0.1) is 0 Å². The van der Waals surface area contributed by atoms with Gasteiger partial charge in [-0.2, -0.15) is 0 Å². The van der Waals surface area contributed by atoms with E-state index in [-0.39, 0.29) is 11.0 Å². The summed E-state index contributed by atoms with van der Waals surface area (Å²) >= 11 is 4.43. The third kappa shape index (κ3) is 5.44. The lowest BCUT2D eigenvalue weighted by Crippen LogP contribution is -2.54. The molecule has 6 nitrogen and oxygen atoms in total. The number of imide groups is 2. The average Bonchev–Trinajstić information content (AvgIpc) is 3.02. The topological polar surface area (TPSA) is 75.7 Å².